The van der Waals surface area contributed by atoms with E-state index in [1.54, 1.807) is 6.92 Å². The maximum Gasteiger partial charge on any atom is 0.330 e. The molecular weight excluding hydrogens is 625 g/mol. The smallest absolute Gasteiger partial charge is 0.330 e. The van der Waals surface area contributed by atoms with Crippen LogP contribution in [0.3, 0.4) is 0 Å². The third-order valence-corrected chi connectivity index (χ3v) is 19.4. The number of aryl methyl sites for hydroxylation is 1. The summed E-state index contributed by atoms with van der Waals surface area (Å²) in [7, 11) is -5.60. The van der Waals surface area contributed by atoms with Crippen LogP contribution in [0.2, 0.25) is 23.2 Å². The van der Waals surface area contributed by atoms with E-state index in [4.69, 9.17) is 13.6 Å². The molecule has 0 radical (unpaired) electrons. The molecule has 0 saturated carbocycles. The second kappa shape index (κ2) is 12.9. The summed E-state index contributed by atoms with van der Waals surface area (Å²) in [6.45, 7) is 24.6. The topological polar surface area (TPSA) is 99.6 Å². The van der Waals surface area contributed by atoms with Gasteiger partial charge in [-0.1, -0.05) is 123 Å². The van der Waals surface area contributed by atoms with E-state index >= 15 is 0 Å². The number of ketones is 1. The van der Waals surface area contributed by atoms with Crippen molar-refractivity contribution in [2.75, 3.05) is 6.61 Å². The summed E-state index contributed by atoms with van der Waals surface area (Å²) in [5.41, 5.74) is -3.05. The number of Topliss-reactive ketones (excluding diaryl/α,β-unsaturated/α-hetero) is 1. The first-order valence-electron chi connectivity index (χ1n) is 16.5. The van der Waals surface area contributed by atoms with Crippen molar-refractivity contribution >= 4 is 32.8 Å². The van der Waals surface area contributed by atoms with E-state index in [0.29, 0.717) is 5.56 Å². The van der Waals surface area contributed by atoms with Gasteiger partial charge in [-0.2, -0.15) is 0 Å². The summed E-state index contributed by atoms with van der Waals surface area (Å²) in [5.74, 6) is -0.150. The van der Waals surface area contributed by atoms with Gasteiger partial charge in [0.15, 0.2) is 19.7 Å². The predicted octanol–water partition coefficient (Wildman–Crippen LogP) is 6.08. The average Bonchev–Trinajstić information content (AvgIpc) is 3.32. The van der Waals surface area contributed by atoms with Crippen molar-refractivity contribution in [2.45, 2.75) is 117 Å². The van der Waals surface area contributed by atoms with Gasteiger partial charge >= 0.3 is 5.69 Å². The molecule has 1 fully saturated rings. The Balaban J connectivity index is 1.98. The van der Waals surface area contributed by atoms with E-state index in [1.165, 1.54) is 10.8 Å². The highest BCUT2D eigenvalue weighted by atomic mass is 28.4. The van der Waals surface area contributed by atoms with E-state index in [9.17, 15) is 14.4 Å². The van der Waals surface area contributed by atoms with Crippen LogP contribution >= 0.6 is 0 Å². The number of benzene rings is 2. The molecule has 256 valence electrons. The molecule has 0 bridgehead atoms. The molecule has 8 nitrogen and oxygen atoms in total. The Morgan fingerprint density at radius 3 is 1.85 bits per heavy atom. The van der Waals surface area contributed by atoms with Gasteiger partial charge in [0, 0.05) is 23.6 Å². The molecule has 0 amide bonds. The number of carbonyl (C=O) groups excluding carboxylic acids is 1. The van der Waals surface area contributed by atoms with E-state index in [-0.39, 0.29) is 28.9 Å². The van der Waals surface area contributed by atoms with Crippen molar-refractivity contribution in [1.82, 2.24) is 9.55 Å². The maximum absolute atomic E-state index is 15.0. The highest BCUT2D eigenvalue weighted by Crippen LogP contribution is 2.48. The van der Waals surface area contributed by atoms with Gasteiger partial charge in [0.25, 0.3) is 13.9 Å². The summed E-state index contributed by atoms with van der Waals surface area (Å²) in [6, 6.07) is 20.6. The number of rotatable bonds is 9. The minimum atomic E-state index is -3.11. The largest absolute Gasteiger partial charge is 0.410 e. The summed E-state index contributed by atoms with van der Waals surface area (Å²) in [4.78, 5) is 42.9. The minimum Gasteiger partial charge on any atom is -0.410 e. The number of H-pyrrole nitrogens is 1. The lowest BCUT2D eigenvalue weighted by Crippen LogP contribution is -2.69. The lowest BCUT2D eigenvalue weighted by molar-refractivity contribution is -0.170. The molecule has 0 unspecified atom stereocenters. The standard InChI is InChI=1S/C37H54N2O6Si2/c1-26-24-39(33(42)38-31(26)40)30-23-29(45-46(11,12)35(5,6)7)37(44-30,32(41)34(2,3)4)25-43-47(36(8,9)10,27-19-15-13-16-20-27)28-21-17-14-18-22-28/h13-22,24,29-30H,23,25H2,1-12H3,(H,38,40,42)/t29-,30+,37+/m0/s1. The van der Waals surface area contributed by atoms with Crippen LogP contribution < -0.4 is 21.6 Å². The van der Waals surface area contributed by atoms with Crippen molar-refractivity contribution in [3.8, 4) is 0 Å². The molecule has 2 heterocycles. The fourth-order valence-electron chi connectivity index (χ4n) is 6.39. The van der Waals surface area contributed by atoms with Crippen molar-refractivity contribution in [3.05, 3.63) is 93.3 Å². The monoisotopic (exact) mass is 678 g/mol. The van der Waals surface area contributed by atoms with Crippen LogP contribution in [0.4, 0.5) is 0 Å². The molecule has 3 atom stereocenters. The molecule has 1 aliphatic heterocycles. The highest BCUT2D eigenvalue weighted by molar-refractivity contribution is 6.99. The summed E-state index contributed by atoms with van der Waals surface area (Å²) >= 11 is 0. The highest BCUT2D eigenvalue weighted by Gasteiger charge is 2.62. The molecule has 0 spiro atoms. The van der Waals surface area contributed by atoms with Crippen molar-refractivity contribution < 1.29 is 18.4 Å². The zero-order valence-electron chi connectivity index (χ0n) is 30.3. The second-order valence-electron chi connectivity index (χ2n) is 16.6. The van der Waals surface area contributed by atoms with Crippen LogP contribution in [0.5, 0.6) is 0 Å². The number of hydrogen-bond donors (Lipinski definition) is 1. The fraction of sp³-hybridized carbons (Fsp3) is 0.541. The number of hydrogen-bond acceptors (Lipinski definition) is 6. The Morgan fingerprint density at radius 1 is 0.894 bits per heavy atom. The van der Waals surface area contributed by atoms with Gasteiger partial charge in [-0.15, -0.1) is 0 Å². The Bertz CT molecular complexity index is 1640. The molecule has 3 aromatic rings. The number of aromatic nitrogens is 2. The first-order valence-corrected chi connectivity index (χ1v) is 21.4. The van der Waals surface area contributed by atoms with Crippen LogP contribution in [0, 0.1) is 12.3 Å². The molecule has 47 heavy (non-hydrogen) atoms. The van der Waals surface area contributed by atoms with Crippen LogP contribution in [0.25, 0.3) is 0 Å². The summed E-state index contributed by atoms with van der Waals surface area (Å²) in [6.07, 6.45) is 0.180. The zero-order chi connectivity index (χ0) is 35.2. The average molecular weight is 679 g/mol. The summed E-state index contributed by atoms with van der Waals surface area (Å²) in [5, 5.41) is 1.66. The van der Waals surface area contributed by atoms with Crippen LogP contribution in [-0.4, -0.2) is 50.3 Å². The molecule has 1 saturated heterocycles. The Kier molecular flexibility index (Phi) is 10.1. The molecule has 4 rings (SSSR count). The maximum atomic E-state index is 15.0. The van der Waals surface area contributed by atoms with E-state index in [0.717, 1.165) is 10.4 Å². The first-order chi connectivity index (χ1) is 21.6. The predicted molar refractivity (Wildman–Crippen MR) is 194 cm³/mol. The lowest BCUT2D eigenvalue weighted by Gasteiger charge is -2.47. The molecule has 1 aromatic heterocycles. The molecule has 2 aromatic carbocycles. The van der Waals surface area contributed by atoms with Crippen LogP contribution in [-0.2, 0) is 18.4 Å². The van der Waals surface area contributed by atoms with E-state index in [1.807, 2.05) is 57.2 Å². The number of nitrogens with one attached hydrogen (secondary N) is 1. The van der Waals surface area contributed by atoms with Crippen LogP contribution in [0.1, 0.15) is 80.5 Å². The Labute approximate surface area is 282 Å². The molecule has 1 N–H and O–H groups in total. The van der Waals surface area contributed by atoms with Gasteiger partial charge < -0.3 is 13.6 Å². The van der Waals surface area contributed by atoms with Crippen LogP contribution in [0.15, 0.2) is 76.4 Å². The van der Waals surface area contributed by atoms with Crippen molar-refractivity contribution in [1.29, 1.82) is 0 Å². The van der Waals surface area contributed by atoms with Gasteiger partial charge in [-0.05, 0) is 40.5 Å². The molecule has 10 heteroatoms. The van der Waals surface area contributed by atoms with Gasteiger partial charge in [0.05, 0.1) is 12.7 Å². The van der Waals surface area contributed by atoms with Crippen molar-refractivity contribution in [2.24, 2.45) is 5.41 Å². The van der Waals surface area contributed by atoms with Gasteiger partial charge in [0.2, 0.25) is 0 Å². The van der Waals surface area contributed by atoms with Gasteiger partial charge in [-0.25, -0.2) is 4.79 Å². The van der Waals surface area contributed by atoms with Gasteiger partial charge in [-0.3, -0.25) is 19.1 Å². The molecule has 1 aliphatic rings. The molecular formula is C37H54N2O6Si2. The normalized spacial score (nSPS) is 21.2. The SMILES string of the molecule is Cc1cn([C@H]2C[C@H](O[Si](C)(C)C(C)(C)C)[C@](CO[Si](c3ccccc3)(c3ccccc3)C(C)(C)C)(C(=O)C(C)(C)C)O2)c(=O)[nH]c1=O. The number of aromatic amines is 1. The van der Waals surface area contributed by atoms with E-state index in [2.05, 4.69) is 83.9 Å². The number of ether oxygens (including phenoxy) is 1. The van der Waals surface area contributed by atoms with Crippen molar-refractivity contribution in [3.63, 3.8) is 0 Å². The van der Waals surface area contributed by atoms with Gasteiger partial charge in [0.1, 0.15) is 6.23 Å². The third-order valence-electron chi connectivity index (χ3n) is 9.97. The van der Waals surface area contributed by atoms with E-state index < -0.39 is 51.2 Å². The minimum absolute atomic E-state index is 0.0662. The Hall–Kier alpha value is -2.90. The number of carbonyl (C=O) groups is 1. The second-order valence-corrected chi connectivity index (χ2v) is 25.6. The first kappa shape index (κ1) is 36.9. The molecule has 0 aliphatic carbocycles. The fourth-order valence-corrected chi connectivity index (χ4v) is 12.3. The number of nitrogens with zero attached hydrogens (tertiary/aromatic N) is 1. The quantitative estimate of drug-likeness (QED) is 0.275. The lowest BCUT2D eigenvalue weighted by atomic mass is 9.78. The zero-order valence-corrected chi connectivity index (χ0v) is 32.3. The Morgan fingerprint density at radius 2 is 1.40 bits per heavy atom. The summed E-state index contributed by atoms with van der Waals surface area (Å²) < 4.78 is 22.9. The third kappa shape index (κ3) is 6.99.